The summed E-state index contributed by atoms with van der Waals surface area (Å²) < 4.78 is 10.9. The highest BCUT2D eigenvalue weighted by Gasteiger charge is 2.14. The largest absolute Gasteiger partial charge is 0.477 e. The van der Waals surface area contributed by atoms with Crippen molar-refractivity contribution in [2.75, 3.05) is 19.8 Å². The Balaban J connectivity index is 1.93. The van der Waals surface area contributed by atoms with E-state index in [2.05, 4.69) is 9.97 Å². The van der Waals surface area contributed by atoms with Gasteiger partial charge in [0.1, 0.15) is 5.82 Å². The molecule has 94 valence electrons. The molecule has 0 spiro atoms. The van der Waals surface area contributed by atoms with Crippen LogP contribution in [-0.4, -0.2) is 29.8 Å². The number of rotatable bonds is 4. The third-order valence-corrected chi connectivity index (χ3v) is 2.91. The molecule has 1 aromatic heterocycles. The predicted molar refractivity (Wildman–Crippen MR) is 63.3 cm³/mol. The van der Waals surface area contributed by atoms with Gasteiger partial charge >= 0.3 is 0 Å². The number of aromatic amines is 1. The van der Waals surface area contributed by atoms with Crippen LogP contribution >= 0.6 is 0 Å². The molecule has 5 nitrogen and oxygen atoms in total. The van der Waals surface area contributed by atoms with Gasteiger partial charge in [-0.1, -0.05) is 6.92 Å². The highest BCUT2D eigenvalue weighted by atomic mass is 16.5. The fourth-order valence-corrected chi connectivity index (χ4v) is 1.84. The summed E-state index contributed by atoms with van der Waals surface area (Å²) in [4.78, 5) is 18.2. The van der Waals surface area contributed by atoms with Crippen LogP contribution in [0.2, 0.25) is 0 Å². The van der Waals surface area contributed by atoms with Crippen LogP contribution in [0.3, 0.4) is 0 Å². The molecule has 0 bridgehead atoms. The van der Waals surface area contributed by atoms with Gasteiger partial charge in [-0.25, -0.2) is 4.98 Å². The maximum atomic E-state index is 11.3. The summed E-state index contributed by atoms with van der Waals surface area (Å²) in [5.74, 6) is 1.60. The van der Waals surface area contributed by atoms with E-state index in [1.54, 1.807) is 0 Å². The Labute approximate surface area is 100 Å². The molecule has 2 heterocycles. The highest BCUT2D eigenvalue weighted by Crippen LogP contribution is 2.15. The Hall–Kier alpha value is -1.36. The minimum absolute atomic E-state index is 0.154. The Morgan fingerprint density at radius 3 is 3.00 bits per heavy atom. The van der Waals surface area contributed by atoms with Gasteiger partial charge in [0, 0.05) is 19.6 Å². The number of hydrogen-bond donors (Lipinski definition) is 1. The van der Waals surface area contributed by atoms with E-state index in [9.17, 15) is 4.79 Å². The predicted octanol–water partition coefficient (Wildman–Crippen LogP) is 1.14. The lowest BCUT2D eigenvalue weighted by molar-refractivity contribution is 0.0489. The van der Waals surface area contributed by atoms with Crippen molar-refractivity contribution in [3.8, 4) is 5.88 Å². The lowest BCUT2D eigenvalue weighted by atomic mass is 10.0. The van der Waals surface area contributed by atoms with E-state index in [-0.39, 0.29) is 5.56 Å². The number of aromatic nitrogens is 2. The van der Waals surface area contributed by atoms with Gasteiger partial charge < -0.3 is 14.5 Å². The first-order valence-corrected chi connectivity index (χ1v) is 6.08. The fourth-order valence-electron chi connectivity index (χ4n) is 1.84. The number of ether oxygens (including phenoxy) is 2. The van der Waals surface area contributed by atoms with Crippen LogP contribution in [0.5, 0.6) is 5.88 Å². The Bertz CT molecular complexity index is 410. The van der Waals surface area contributed by atoms with Crippen LogP contribution in [0.1, 0.15) is 25.6 Å². The molecule has 1 fully saturated rings. The minimum atomic E-state index is -0.154. The van der Waals surface area contributed by atoms with E-state index in [1.165, 1.54) is 6.07 Å². The molecule has 1 aromatic rings. The summed E-state index contributed by atoms with van der Waals surface area (Å²) in [7, 11) is 0. The second-order valence-corrected chi connectivity index (χ2v) is 4.25. The Morgan fingerprint density at radius 2 is 2.29 bits per heavy atom. The third-order valence-electron chi connectivity index (χ3n) is 2.91. The van der Waals surface area contributed by atoms with Crippen molar-refractivity contribution in [1.82, 2.24) is 9.97 Å². The zero-order valence-corrected chi connectivity index (χ0v) is 10.1. The molecule has 17 heavy (non-hydrogen) atoms. The molecule has 1 N–H and O–H groups in total. The Morgan fingerprint density at radius 1 is 1.53 bits per heavy atom. The molecule has 1 saturated heterocycles. The van der Waals surface area contributed by atoms with Gasteiger partial charge in [0.25, 0.3) is 5.56 Å². The quantitative estimate of drug-likeness (QED) is 0.854. The van der Waals surface area contributed by atoms with Gasteiger partial charge in [-0.3, -0.25) is 4.79 Å². The average molecular weight is 238 g/mol. The smallest absolute Gasteiger partial charge is 0.254 e. The van der Waals surface area contributed by atoms with E-state index >= 15 is 0 Å². The lowest BCUT2D eigenvalue weighted by Crippen LogP contribution is -2.22. The molecule has 1 aliphatic heterocycles. The maximum Gasteiger partial charge on any atom is 0.254 e. The number of H-pyrrole nitrogens is 1. The van der Waals surface area contributed by atoms with Gasteiger partial charge in [0.05, 0.1) is 12.7 Å². The van der Waals surface area contributed by atoms with E-state index in [1.807, 2.05) is 6.92 Å². The van der Waals surface area contributed by atoms with Crippen LogP contribution < -0.4 is 10.3 Å². The fraction of sp³-hybridized carbons (Fsp3) is 0.667. The first kappa shape index (κ1) is 12.1. The average Bonchev–Trinajstić information content (AvgIpc) is 2.37. The van der Waals surface area contributed by atoms with Gasteiger partial charge in [-0.2, -0.15) is 0 Å². The van der Waals surface area contributed by atoms with E-state index in [0.29, 0.717) is 30.7 Å². The standard InChI is InChI=1S/C12H18N2O3/c1-2-10-13-11(15)7-12(14-10)17-8-9-3-5-16-6-4-9/h7,9H,2-6,8H2,1H3,(H,13,14,15). The summed E-state index contributed by atoms with van der Waals surface area (Å²) in [5, 5.41) is 0. The second-order valence-electron chi connectivity index (χ2n) is 4.25. The van der Waals surface area contributed by atoms with Gasteiger partial charge in [0.15, 0.2) is 0 Å². The van der Waals surface area contributed by atoms with E-state index < -0.39 is 0 Å². The zero-order chi connectivity index (χ0) is 12.1. The van der Waals surface area contributed by atoms with Crippen LogP contribution in [0.25, 0.3) is 0 Å². The molecule has 0 radical (unpaired) electrons. The van der Waals surface area contributed by atoms with Crippen molar-refractivity contribution < 1.29 is 9.47 Å². The van der Waals surface area contributed by atoms with Crippen LogP contribution in [-0.2, 0) is 11.2 Å². The van der Waals surface area contributed by atoms with Crippen LogP contribution in [0, 0.1) is 5.92 Å². The number of nitrogens with one attached hydrogen (secondary N) is 1. The van der Waals surface area contributed by atoms with Gasteiger partial charge in [-0.15, -0.1) is 0 Å². The Kier molecular flexibility index (Phi) is 4.14. The topological polar surface area (TPSA) is 64.2 Å². The normalized spacial score (nSPS) is 17.0. The van der Waals surface area contributed by atoms with Gasteiger partial charge in [-0.05, 0) is 18.8 Å². The number of nitrogens with zero attached hydrogens (tertiary/aromatic N) is 1. The van der Waals surface area contributed by atoms with Crippen LogP contribution in [0.4, 0.5) is 0 Å². The summed E-state index contributed by atoms with van der Waals surface area (Å²) >= 11 is 0. The van der Waals surface area contributed by atoms with Crippen molar-refractivity contribution in [1.29, 1.82) is 0 Å². The summed E-state index contributed by atoms with van der Waals surface area (Å²) in [6.45, 7) is 4.16. The molecule has 0 amide bonds. The van der Waals surface area contributed by atoms with Crippen molar-refractivity contribution >= 4 is 0 Å². The first-order valence-electron chi connectivity index (χ1n) is 6.08. The van der Waals surface area contributed by atoms with Crippen LogP contribution in [0.15, 0.2) is 10.9 Å². The zero-order valence-electron chi connectivity index (χ0n) is 10.1. The molecule has 0 saturated carbocycles. The highest BCUT2D eigenvalue weighted by molar-refractivity contribution is 5.08. The molecule has 2 rings (SSSR count). The lowest BCUT2D eigenvalue weighted by Gasteiger charge is -2.21. The van der Waals surface area contributed by atoms with Crippen molar-refractivity contribution in [3.05, 3.63) is 22.2 Å². The van der Waals surface area contributed by atoms with Crippen molar-refractivity contribution in [2.24, 2.45) is 5.92 Å². The monoisotopic (exact) mass is 238 g/mol. The molecular weight excluding hydrogens is 220 g/mol. The van der Waals surface area contributed by atoms with E-state index in [4.69, 9.17) is 9.47 Å². The van der Waals surface area contributed by atoms with Crippen molar-refractivity contribution in [2.45, 2.75) is 26.2 Å². The summed E-state index contributed by atoms with van der Waals surface area (Å²) in [6.07, 6.45) is 2.73. The third kappa shape index (κ3) is 3.56. The van der Waals surface area contributed by atoms with E-state index in [0.717, 1.165) is 26.1 Å². The molecule has 5 heteroatoms. The second kappa shape index (κ2) is 5.82. The number of hydrogen-bond acceptors (Lipinski definition) is 4. The molecule has 0 atom stereocenters. The molecule has 0 aliphatic carbocycles. The number of aryl methyl sites for hydroxylation is 1. The maximum absolute atomic E-state index is 11.3. The van der Waals surface area contributed by atoms with Crippen molar-refractivity contribution in [3.63, 3.8) is 0 Å². The molecule has 1 aliphatic rings. The molecule has 0 unspecified atom stereocenters. The molecular formula is C12H18N2O3. The van der Waals surface area contributed by atoms with Gasteiger partial charge in [0.2, 0.25) is 5.88 Å². The molecule has 0 aromatic carbocycles. The summed E-state index contributed by atoms with van der Waals surface area (Å²) in [6, 6.07) is 1.40. The minimum Gasteiger partial charge on any atom is -0.477 e. The SMILES string of the molecule is CCc1nc(OCC2CCOCC2)cc(=O)[nH]1. The first-order chi connectivity index (χ1) is 8.28. The summed E-state index contributed by atoms with van der Waals surface area (Å²) in [5.41, 5.74) is -0.154.